The molecule has 3 nitrogen and oxygen atoms in total. The average Bonchev–Trinajstić information content (AvgIpc) is 2.59. The molecule has 0 aliphatic heterocycles. The maximum Gasteiger partial charge on any atom is 0.161 e. The average molecular weight is 334 g/mol. The van der Waals surface area contributed by atoms with E-state index in [-0.39, 0.29) is 0 Å². The molecule has 0 fully saturated rings. The molecule has 23 heavy (non-hydrogen) atoms. The van der Waals surface area contributed by atoms with Crippen LogP contribution in [0.3, 0.4) is 0 Å². The smallest absolute Gasteiger partial charge is 0.161 e. The van der Waals surface area contributed by atoms with Crippen LogP contribution in [0.15, 0.2) is 42.5 Å². The van der Waals surface area contributed by atoms with Gasteiger partial charge in [0.2, 0.25) is 0 Å². The first-order valence-electron chi connectivity index (χ1n) is 7.90. The second-order valence-corrected chi connectivity index (χ2v) is 5.96. The van der Waals surface area contributed by atoms with Crippen molar-refractivity contribution in [2.75, 3.05) is 7.11 Å². The maximum atomic E-state index is 6.15. The summed E-state index contributed by atoms with van der Waals surface area (Å²) in [6, 6.07) is 14.2. The quantitative estimate of drug-likeness (QED) is 0.751. The fourth-order valence-corrected chi connectivity index (χ4v) is 2.34. The van der Waals surface area contributed by atoms with E-state index < -0.39 is 0 Å². The van der Waals surface area contributed by atoms with Gasteiger partial charge in [-0.25, -0.2) is 0 Å². The van der Waals surface area contributed by atoms with E-state index in [1.165, 1.54) is 5.56 Å². The first-order chi connectivity index (χ1) is 11.1. The predicted molar refractivity (Wildman–Crippen MR) is 95.4 cm³/mol. The van der Waals surface area contributed by atoms with Crippen molar-refractivity contribution in [3.05, 3.63) is 58.6 Å². The summed E-state index contributed by atoms with van der Waals surface area (Å²) in [5, 5.41) is 4.18. The molecule has 0 bridgehead atoms. The Labute approximate surface area is 143 Å². The van der Waals surface area contributed by atoms with Crippen LogP contribution in [0.1, 0.15) is 31.4 Å². The van der Waals surface area contributed by atoms with Gasteiger partial charge >= 0.3 is 0 Å². The van der Waals surface area contributed by atoms with Gasteiger partial charge in [-0.15, -0.1) is 0 Å². The molecule has 0 spiro atoms. The zero-order chi connectivity index (χ0) is 16.7. The number of nitrogens with one attached hydrogen (secondary N) is 1. The molecule has 2 aromatic carbocycles. The third-order valence-corrected chi connectivity index (χ3v) is 4.20. The lowest BCUT2D eigenvalue weighted by Crippen LogP contribution is -2.24. The van der Waals surface area contributed by atoms with E-state index in [1.54, 1.807) is 7.11 Å². The molecule has 0 aliphatic carbocycles. The molecule has 2 rings (SSSR count). The third-order valence-electron chi connectivity index (χ3n) is 3.84. The van der Waals surface area contributed by atoms with Gasteiger partial charge < -0.3 is 14.8 Å². The SMILES string of the molecule is CCC(C)NCc1ccc(OCc2ccccc2Cl)c(OC)c1. The second-order valence-electron chi connectivity index (χ2n) is 5.56. The van der Waals surface area contributed by atoms with E-state index in [0.29, 0.717) is 17.7 Å². The minimum Gasteiger partial charge on any atom is -0.493 e. The van der Waals surface area contributed by atoms with Crippen LogP contribution >= 0.6 is 11.6 Å². The van der Waals surface area contributed by atoms with Crippen molar-refractivity contribution in [1.82, 2.24) is 5.32 Å². The van der Waals surface area contributed by atoms with Crippen LogP contribution in [0.2, 0.25) is 5.02 Å². The summed E-state index contributed by atoms with van der Waals surface area (Å²) < 4.78 is 11.3. The van der Waals surface area contributed by atoms with Gasteiger partial charge in [0.1, 0.15) is 6.61 Å². The number of halogens is 1. The van der Waals surface area contributed by atoms with Crippen LogP contribution in [0.4, 0.5) is 0 Å². The van der Waals surface area contributed by atoms with Gasteiger partial charge in [0.15, 0.2) is 11.5 Å². The topological polar surface area (TPSA) is 30.5 Å². The van der Waals surface area contributed by atoms with Gasteiger partial charge in [0.25, 0.3) is 0 Å². The van der Waals surface area contributed by atoms with Gasteiger partial charge in [-0.3, -0.25) is 0 Å². The van der Waals surface area contributed by atoms with E-state index in [9.17, 15) is 0 Å². The standard InChI is InChI=1S/C19H24ClNO2/c1-4-14(2)21-12-15-9-10-18(19(11-15)22-3)23-13-16-7-5-6-8-17(16)20/h5-11,14,21H,4,12-13H2,1-3H3. The van der Waals surface area contributed by atoms with E-state index >= 15 is 0 Å². The molecule has 4 heteroatoms. The van der Waals surface area contributed by atoms with Crippen molar-refractivity contribution in [3.8, 4) is 11.5 Å². The normalized spacial score (nSPS) is 12.0. The van der Waals surface area contributed by atoms with Crippen molar-refractivity contribution in [1.29, 1.82) is 0 Å². The first kappa shape index (κ1) is 17.6. The molecule has 2 aromatic rings. The molecule has 0 heterocycles. The summed E-state index contributed by atoms with van der Waals surface area (Å²) in [4.78, 5) is 0. The van der Waals surface area contributed by atoms with Gasteiger partial charge in [0.05, 0.1) is 7.11 Å². The highest BCUT2D eigenvalue weighted by molar-refractivity contribution is 6.31. The molecule has 1 atom stereocenters. The Balaban J connectivity index is 2.03. The van der Waals surface area contributed by atoms with Crippen molar-refractivity contribution in [2.24, 2.45) is 0 Å². The van der Waals surface area contributed by atoms with Crippen LogP contribution < -0.4 is 14.8 Å². The maximum absolute atomic E-state index is 6.15. The number of hydrogen-bond acceptors (Lipinski definition) is 3. The predicted octanol–water partition coefficient (Wildman–Crippen LogP) is 4.82. The zero-order valence-corrected chi connectivity index (χ0v) is 14.7. The van der Waals surface area contributed by atoms with Crippen LogP contribution in [-0.2, 0) is 13.2 Å². The highest BCUT2D eigenvalue weighted by atomic mass is 35.5. The summed E-state index contributed by atoms with van der Waals surface area (Å²) in [5.41, 5.74) is 2.13. The number of ether oxygens (including phenoxy) is 2. The van der Waals surface area contributed by atoms with Crippen LogP contribution in [0, 0.1) is 0 Å². The van der Waals surface area contributed by atoms with Crippen molar-refractivity contribution in [2.45, 2.75) is 39.5 Å². The number of rotatable bonds is 8. The minimum absolute atomic E-state index is 0.417. The van der Waals surface area contributed by atoms with Gasteiger partial charge in [-0.1, -0.05) is 42.8 Å². The van der Waals surface area contributed by atoms with Crippen LogP contribution in [0.25, 0.3) is 0 Å². The van der Waals surface area contributed by atoms with Crippen LogP contribution in [0.5, 0.6) is 11.5 Å². The Morgan fingerprint density at radius 2 is 1.91 bits per heavy atom. The minimum atomic E-state index is 0.417. The molecule has 1 N–H and O–H groups in total. The Hall–Kier alpha value is -1.71. The zero-order valence-electron chi connectivity index (χ0n) is 13.9. The lowest BCUT2D eigenvalue weighted by Gasteiger charge is -2.15. The largest absolute Gasteiger partial charge is 0.493 e. The summed E-state index contributed by atoms with van der Waals surface area (Å²) >= 11 is 6.15. The highest BCUT2D eigenvalue weighted by Gasteiger charge is 2.08. The van der Waals surface area contributed by atoms with Gasteiger partial charge in [0, 0.05) is 23.2 Å². The summed E-state index contributed by atoms with van der Waals surface area (Å²) in [6.45, 7) is 5.58. The summed E-state index contributed by atoms with van der Waals surface area (Å²) in [6.07, 6.45) is 1.11. The Bertz CT molecular complexity index is 631. The fourth-order valence-electron chi connectivity index (χ4n) is 2.15. The lowest BCUT2D eigenvalue weighted by molar-refractivity contribution is 0.284. The summed E-state index contributed by atoms with van der Waals surface area (Å²) in [7, 11) is 1.66. The number of hydrogen-bond donors (Lipinski definition) is 1. The van der Waals surface area contributed by atoms with E-state index in [4.69, 9.17) is 21.1 Å². The van der Waals surface area contributed by atoms with E-state index in [1.807, 2.05) is 36.4 Å². The number of benzene rings is 2. The molecule has 0 saturated carbocycles. The molecule has 0 saturated heterocycles. The molecule has 124 valence electrons. The number of methoxy groups -OCH3 is 1. The van der Waals surface area contributed by atoms with Crippen LogP contribution in [-0.4, -0.2) is 13.2 Å². The first-order valence-corrected chi connectivity index (χ1v) is 8.28. The van der Waals surface area contributed by atoms with Crippen molar-refractivity contribution >= 4 is 11.6 Å². The molecule has 0 aromatic heterocycles. The molecular formula is C19H24ClNO2. The summed E-state index contributed by atoms with van der Waals surface area (Å²) in [5.74, 6) is 1.46. The van der Waals surface area contributed by atoms with E-state index in [2.05, 4.69) is 25.2 Å². The fraction of sp³-hybridized carbons (Fsp3) is 0.368. The highest BCUT2D eigenvalue weighted by Crippen LogP contribution is 2.29. The Morgan fingerprint density at radius 3 is 2.61 bits per heavy atom. The second kappa shape index (κ2) is 8.80. The molecule has 0 radical (unpaired) electrons. The monoisotopic (exact) mass is 333 g/mol. The third kappa shape index (κ3) is 5.15. The Kier molecular flexibility index (Phi) is 6.75. The van der Waals surface area contributed by atoms with Gasteiger partial charge in [-0.2, -0.15) is 0 Å². The van der Waals surface area contributed by atoms with Crippen molar-refractivity contribution < 1.29 is 9.47 Å². The molecule has 1 unspecified atom stereocenters. The van der Waals surface area contributed by atoms with E-state index in [0.717, 1.165) is 30.0 Å². The molecule has 0 amide bonds. The van der Waals surface area contributed by atoms with Gasteiger partial charge in [-0.05, 0) is 37.1 Å². The van der Waals surface area contributed by atoms with Crippen molar-refractivity contribution in [3.63, 3.8) is 0 Å². The Morgan fingerprint density at radius 1 is 1.13 bits per heavy atom. The molecule has 0 aliphatic rings. The lowest BCUT2D eigenvalue weighted by atomic mass is 10.1. The molecular weight excluding hydrogens is 310 g/mol.